The number of rotatable bonds is 4. The second-order valence-electron chi connectivity index (χ2n) is 4.21. The summed E-state index contributed by atoms with van der Waals surface area (Å²) in [6, 6.07) is 6.35. The number of carbonyl (C=O) groups excluding carboxylic acids is 3. The Labute approximate surface area is 113 Å². The summed E-state index contributed by atoms with van der Waals surface area (Å²) in [4.78, 5) is 37.7. The smallest absolute Gasteiger partial charge is 0.264 e. The highest BCUT2D eigenvalue weighted by Gasteiger charge is 2.43. The molecular formula is C12H10N4O4. The predicted octanol–water partition coefficient (Wildman–Crippen LogP) is 1.44. The summed E-state index contributed by atoms with van der Waals surface area (Å²) in [7, 11) is 0. The first-order valence-electron chi connectivity index (χ1n) is 5.75. The first-order valence-corrected chi connectivity index (χ1v) is 5.75. The summed E-state index contributed by atoms with van der Waals surface area (Å²) >= 11 is 0. The Kier molecular flexibility index (Phi) is 3.79. The minimum absolute atomic E-state index is 0.0292. The first-order chi connectivity index (χ1) is 9.56. The van der Waals surface area contributed by atoms with Crippen LogP contribution in [0.5, 0.6) is 0 Å². The summed E-state index contributed by atoms with van der Waals surface area (Å²) in [6.07, 6.45) is -0.357. The van der Waals surface area contributed by atoms with Crippen LogP contribution in [0.3, 0.4) is 0 Å². The molecule has 0 bridgehead atoms. The Balaban J connectivity index is 2.32. The Morgan fingerprint density at radius 1 is 1.45 bits per heavy atom. The molecule has 8 nitrogen and oxygen atoms in total. The van der Waals surface area contributed by atoms with Crippen molar-refractivity contribution < 1.29 is 19.6 Å². The maximum atomic E-state index is 12.3. The summed E-state index contributed by atoms with van der Waals surface area (Å²) in [6.45, 7) is -0.0316. The van der Waals surface area contributed by atoms with Crippen molar-refractivity contribution in [2.45, 2.75) is 13.0 Å². The first kappa shape index (κ1) is 13.7. The van der Waals surface area contributed by atoms with Gasteiger partial charge in [0.25, 0.3) is 11.8 Å². The summed E-state index contributed by atoms with van der Waals surface area (Å²) in [5, 5.41) is 12.5. The molecule has 1 saturated heterocycles. The number of hydrogen-bond acceptors (Lipinski definition) is 5. The molecule has 2 amide bonds. The van der Waals surface area contributed by atoms with Crippen LogP contribution in [0.4, 0.5) is 0 Å². The molecule has 0 aromatic heterocycles. The van der Waals surface area contributed by atoms with Gasteiger partial charge in [0.05, 0.1) is 6.54 Å². The standard InChI is InChI=1S/C12H10N4O4/c13-15-14-6-7-3-1-2-4-8(7)11(18)9-5-10(17)16(20)12(9)19/h1-4,9,20H,5-6H2. The number of hydroxylamine groups is 2. The van der Waals surface area contributed by atoms with Crippen molar-refractivity contribution in [2.75, 3.05) is 0 Å². The lowest BCUT2D eigenvalue weighted by Gasteiger charge is -2.10. The molecule has 102 valence electrons. The van der Waals surface area contributed by atoms with E-state index in [-0.39, 0.29) is 23.6 Å². The highest BCUT2D eigenvalue weighted by atomic mass is 16.5. The van der Waals surface area contributed by atoms with Gasteiger partial charge in [-0.1, -0.05) is 29.4 Å². The number of ketones is 1. The van der Waals surface area contributed by atoms with Gasteiger partial charge in [-0.05, 0) is 11.1 Å². The van der Waals surface area contributed by atoms with Crippen LogP contribution in [0.25, 0.3) is 10.4 Å². The van der Waals surface area contributed by atoms with Gasteiger partial charge >= 0.3 is 0 Å². The number of imide groups is 1. The molecule has 1 fully saturated rings. The monoisotopic (exact) mass is 274 g/mol. The van der Waals surface area contributed by atoms with E-state index in [0.717, 1.165) is 0 Å². The molecule has 1 unspecified atom stereocenters. The number of benzene rings is 1. The van der Waals surface area contributed by atoms with E-state index in [0.29, 0.717) is 5.56 Å². The third kappa shape index (κ3) is 2.37. The molecule has 1 heterocycles. The maximum Gasteiger partial charge on any atom is 0.264 e. The Morgan fingerprint density at radius 3 is 2.75 bits per heavy atom. The van der Waals surface area contributed by atoms with Crippen LogP contribution < -0.4 is 0 Å². The van der Waals surface area contributed by atoms with E-state index in [9.17, 15) is 14.4 Å². The highest BCUT2D eigenvalue weighted by Crippen LogP contribution is 2.24. The Morgan fingerprint density at radius 2 is 2.15 bits per heavy atom. The van der Waals surface area contributed by atoms with Crippen molar-refractivity contribution in [1.82, 2.24) is 5.06 Å². The fraction of sp³-hybridized carbons (Fsp3) is 0.250. The lowest BCUT2D eigenvalue weighted by molar-refractivity contribution is -0.171. The van der Waals surface area contributed by atoms with Crippen molar-refractivity contribution in [3.63, 3.8) is 0 Å². The third-order valence-electron chi connectivity index (χ3n) is 3.03. The van der Waals surface area contributed by atoms with Crippen LogP contribution in [0.15, 0.2) is 29.4 Å². The molecule has 0 aliphatic carbocycles. The normalized spacial score (nSPS) is 18.1. The minimum atomic E-state index is -1.22. The highest BCUT2D eigenvalue weighted by molar-refractivity contribution is 6.18. The van der Waals surface area contributed by atoms with Gasteiger partial charge in [-0.25, -0.2) is 0 Å². The van der Waals surface area contributed by atoms with Crippen LogP contribution in [0.1, 0.15) is 22.3 Å². The van der Waals surface area contributed by atoms with E-state index in [1.54, 1.807) is 18.2 Å². The van der Waals surface area contributed by atoms with Crippen LogP contribution in [0.2, 0.25) is 0 Å². The second-order valence-corrected chi connectivity index (χ2v) is 4.21. The van der Waals surface area contributed by atoms with Gasteiger partial charge in [-0.15, -0.1) is 0 Å². The van der Waals surface area contributed by atoms with Crippen molar-refractivity contribution in [3.05, 3.63) is 45.8 Å². The van der Waals surface area contributed by atoms with E-state index in [1.165, 1.54) is 6.07 Å². The zero-order valence-corrected chi connectivity index (χ0v) is 10.3. The predicted molar refractivity (Wildman–Crippen MR) is 65.4 cm³/mol. The van der Waals surface area contributed by atoms with Crippen molar-refractivity contribution >= 4 is 17.6 Å². The molecule has 1 aromatic carbocycles. The number of carbonyl (C=O) groups is 3. The number of hydrogen-bond donors (Lipinski definition) is 1. The van der Waals surface area contributed by atoms with E-state index >= 15 is 0 Å². The van der Waals surface area contributed by atoms with Crippen molar-refractivity contribution in [3.8, 4) is 0 Å². The van der Waals surface area contributed by atoms with Gasteiger partial charge in [0.15, 0.2) is 5.78 Å². The summed E-state index contributed by atoms with van der Waals surface area (Å²) in [5.74, 6) is -3.53. The molecular weight excluding hydrogens is 264 g/mol. The third-order valence-corrected chi connectivity index (χ3v) is 3.03. The molecule has 1 atom stereocenters. The van der Waals surface area contributed by atoms with Crippen LogP contribution in [-0.2, 0) is 16.1 Å². The maximum absolute atomic E-state index is 12.3. The molecule has 1 aliphatic heterocycles. The van der Waals surface area contributed by atoms with E-state index in [2.05, 4.69) is 10.0 Å². The zero-order valence-electron chi connectivity index (χ0n) is 10.3. The quantitative estimate of drug-likeness (QED) is 0.170. The van der Waals surface area contributed by atoms with Crippen LogP contribution >= 0.6 is 0 Å². The average Bonchev–Trinajstić information content (AvgIpc) is 2.72. The fourth-order valence-corrected chi connectivity index (χ4v) is 2.02. The topological polar surface area (TPSA) is 123 Å². The molecule has 0 saturated carbocycles. The van der Waals surface area contributed by atoms with Crippen molar-refractivity contribution in [2.24, 2.45) is 11.0 Å². The zero-order chi connectivity index (χ0) is 14.7. The average molecular weight is 274 g/mol. The Bertz CT molecular complexity index is 636. The van der Waals surface area contributed by atoms with Crippen LogP contribution in [-0.4, -0.2) is 27.9 Å². The van der Waals surface area contributed by atoms with Crippen LogP contribution in [0, 0.1) is 5.92 Å². The van der Waals surface area contributed by atoms with Gasteiger partial charge in [0, 0.05) is 16.9 Å². The minimum Gasteiger partial charge on any atom is -0.293 e. The molecule has 1 aromatic rings. The van der Waals surface area contributed by atoms with E-state index in [4.69, 9.17) is 10.7 Å². The molecule has 8 heteroatoms. The largest absolute Gasteiger partial charge is 0.293 e. The van der Waals surface area contributed by atoms with Gasteiger partial charge in [0.2, 0.25) is 0 Å². The number of nitrogens with zero attached hydrogens (tertiary/aromatic N) is 4. The van der Waals surface area contributed by atoms with Gasteiger partial charge in [-0.3, -0.25) is 19.6 Å². The molecule has 0 spiro atoms. The number of amides is 2. The van der Waals surface area contributed by atoms with E-state index < -0.39 is 23.5 Å². The lowest BCUT2D eigenvalue weighted by atomic mass is 9.93. The Hall–Kier alpha value is -2.70. The molecule has 0 radical (unpaired) electrons. The molecule has 20 heavy (non-hydrogen) atoms. The van der Waals surface area contributed by atoms with Crippen molar-refractivity contribution in [1.29, 1.82) is 0 Å². The number of Topliss-reactive ketones (excluding diaryl/α,β-unsaturated/α-hetero) is 1. The summed E-state index contributed by atoms with van der Waals surface area (Å²) < 4.78 is 0. The molecule has 2 rings (SSSR count). The lowest BCUT2D eigenvalue weighted by Crippen LogP contribution is -2.29. The fourth-order valence-electron chi connectivity index (χ4n) is 2.02. The molecule has 1 aliphatic rings. The second kappa shape index (κ2) is 5.52. The van der Waals surface area contributed by atoms with Gasteiger partial charge in [0.1, 0.15) is 5.92 Å². The SMILES string of the molecule is [N-]=[N+]=NCc1ccccc1C(=O)C1CC(=O)N(O)C1=O. The number of azide groups is 1. The molecule has 1 N–H and O–H groups in total. The van der Waals surface area contributed by atoms with E-state index in [1.807, 2.05) is 0 Å². The van der Waals surface area contributed by atoms with Gasteiger partial charge in [-0.2, -0.15) is 5.06 Å². The summed E-state index contributed by atoms with van der Waals surface area (Å²) in [5.41, 5.74) is 8.99. The van der Waals surface area contributed by atoms with Gasteiger partial charge < -0.3 is 0 Å².